The highest BCUT2D eigenvalue weighted by Gasteiger charge is 2.29. The molecule has 0 spiro atoms. The lowest BCUT2D eigenvalue weighted by Crippen LogP contribution is -2.26. The quantitative estimate of drug-likeness (QED) is 0.832. The monoisotopic (exact) mass is 244 g/mol. The lowest BCUT2D eigenvalue weighted by Gasteiger charge is -2.31. The highest BCUT2D eigenvalue weighted by atomic mass is 32.1. The molecule has 0 aliphatic heterocycles. The Morgan fingerprint density at radius 1 is 1.47 bits per heavy atom. The number of rotatable bonds is 3. The molecule has 1 rings (SSSR count). The first-order valence-electron chi connectivity index (χ1n) is 5.17. The molecule has 0 aromatic carbocycles. The highest BCUT2D eigenvalue weighted by Crippen LogP contribution is 2.37. The molecule has 0 amide bonds. The number of nitrogens with two attached hydrogens (primary N) is 1. The molecule has 15 heavy (non-hydrogen) atoms. The van der Waals surface area contributed by atoms with Gasteiger partial charge in [-0.1, -0.05) is 20.8 Å². The van der Waals surface area contributed by atoms with Crippen molar-refractivity contribution >= 4 is 25.5 Å². The molecular formula is C10H20N2OSSi. The Morgan fingerprint density at radius 2 is 2.07 bits per heavy atom. The summed E-state index contributed by atoms with van der Waals surface area (Å²) in [5, 5.41) is 2.62. The average Bonchev–Trinajstić information content (AvgIpc) is 2.45. The summed E-state index contributed by atoms with van der Waals surface area (Å²) in [6.45, 7) is 10.9. The van der Waals surface area contributed by atoms with Crippen molar-refractivity contribution in [2.24, 2.45) is 5.41 Å². The van der Waals surface area contributed by atoms with E-state index in [0.717, 1.165) is 5.69 Å². The van der Waals surface area contributed by atoms with Crippen molar-refractivity contribution in [3.05, 3.63) is 11.1 Å². The molecule has 0 aliphatic rings. The van der Waals surface area contributed by atoms with Crippen molar-refractivity contribution in [2.45, 2.75) is 40.0 Å². The third-order valence-electron chi connectivity index (χ3n) is 2.00. The Bertz CT molecular complexity index is 319. The Balaban J connectivity index is 2.91. The molecule has 0 saturated heterocycles. The predicted molar refractivity (Wildman–Crippen MR) is 68.7 cm³/mol. The van der Waals surface area contributed by atoms with Gasteiger partial charge < -0.3 is 10.2 Å². The van der Waals surface area contributed by atoms with Gasteiger partial charge in [-0.25, -0.2) is 4.98 Å². The number of hydrogen-bond donors (Lipinski definition) is 1. The van der Waals surface area contributed by atoms with Gasteiger partial charge in [0, 0.05) is 5.38 Å². The molecule has 1 heterocycles. The first-order valence-corrected chi connectivity index (χ1v) is 8.83. The number of nitrogens with zero attached hydrogens (tertiary/aromatic N) is 1. The van der Waals surface area contributed by atoms with Crippen LogP contribution in [0.4, 0.5) is 5.13 Å². The SMILES string of the molecule is C[SiH](C)OC(c1csc(N)n1)C(C)(C)C. The zero-order valence-electron chi connectivity index (χ0n) is 10.1. The third kappa shape index (κ3) is 3.59. The molecule has 2 N–H and O–H groups in total. The van der Waals surface area contributed by atoms with E-state index in [2.05, 4.69) is 38.8 Å². The fourth-order valence-corrected chi connectivity index (χ4v) is 3.08. The van der Waals surface area contributed by atoms with E-state index in [9.17, 15) is 0 Å². The minimum atomic E-state index is -1.06. The zero-order valence-corrected chi connectivity index (χ0v) is 12.0. The van der Waals surface area contributed by atoms with Crippen LogP contribution in [0.25, 0.3) is 0 Å². The average molecular weight is 244 g/mol. The second-order valence-corrected chi connectivity index (χ2v) is 8.30. The van der Waals surface area contributed by atoms with E-state index < -0.39 is 9.04 Å². The van der Waals surface area contributed by atoms with E-state index in [4.69, 9.17) is 10.2 Å². The van der Waals surface area contributed by atoms with Crippen molar-refractivity contribution in [1.82, 2.24) is 4.98 Å². The number of hydrogen-bond acceptors (Lipinski definition) is 4. The lowest BCUT2D eigenvalue weighted by molar-refractivity contribution is 0.0834. The Hall–Kier alpha value is -0.393. The Kier molecular flexibility index (Phi) is 3.91. The largest absolute Gasteiger partial charge is 0.412 e. The van der Waals surface area contributed by atoms with Gasteiger partial charge in [0.25, 0.3) is 0 Å². The first kappa shape index (κ1) is 12.7. The summed E-state index contributed by atoms with van der Waals surface area (Å²) in [6, 6.07) is 0. The molecule has 5 heteroatoms. The summed E-state index contributed by atoms with van der Waals surface area (Å²) in [5.41, 5.74) is 6.70. The molecule has 0 radical (unpaired) electrons. The van der Waals surface area contributed by atoms with Gasteiger partial charge in [-0.2, -0.15) is 0 Å². The molecular weight excluding hydrogens is 224 g/mol. The van der Waals surface area contributed by atoms with Gasteiger partial charge in [0.15, 0.2) is 14.2 Å². The van der Waals surface area contributed by atoms with Crippen LogP contribution in [0.5, 0.6) is 0 Å². The van der Waals surface area contributed by atoms with Gasteiger partial charge >= 0.3 is 0 Å². The molecule has 0 aliphatic carbocycles. The second kappa shape index (κ2) is 4.63. The molecule has 0 saturated carbocycles. The fourth-order valence-electron chi connectivity index (χ4n) is 1.41. The highest BCUT2D eigenvalue weighted by molar-refractivity contribution is 7.13. The van der Waals surface area contributed by atoms with Gasteiger partial charge in [0.05, 0.1) is 11.8 Å². The first-order chi connectivity index (χ1) is 6.80. The molecule has 1 aromatic heterocycles. The van der Waals surface area contributed by atoms with Gasteiger partial charge in [-0.15, -0.1) is 11.3 Å². The number of nitrogen functional groups attached to an aromatic ring is 1. The minimum Gasteiger partial charge on any atom is -0.412 e. The maximum absolute atomic E-state index is 6.04. The van der Waals surface area contributed by atoms with Crippen molar-refractivity contribution in [2.75, 3.05) is 5.73 Å². The van der Waals surface area contributed by atoms with Crippen LogP contribution in [0, 0.1) is 5.41 Å². The van der Waals surface area contributed by atoms with Gasteiger partial charge in [-0.3, -0.25) is 0 Å². The normalized spacial score (nSPS) is 14.5. The van der Waals surface area contributed by atoms with E-state index in [1.165, 1.54) is 11.3 Å². The fraction of sp³-hybridized carbons (Fsp3) is 0.700. The van der Waals surface area contributed by atoms with Gasteiger partial charge in [-0.05, 0) is 18.5 Å². The maximum atomic E-state index is 6.04. The zero-order chi connectivity index (χ0) is 11.6. The van der Waals surface area contributed by atoms with Gasteiger partial charge in [0.2, 0.25) is 0 Å². The van der Waals surface area contributed by atoms with Crippen LogP contribution in [0.1, 0.15) is 32.6 Å². The molecule has 1 atom stereocenters. The van der Waals surface area contributed by atoms with Crippen LogP contribution < -0.4 is 5.73 Å². The molecule has 3 nitrogen and oxygen atoms in total. The van der Waals surface area contributed by atoms with E-state index in [1.54, 1.807) is 0 Å². The van der Waals surface area contributed by atoms with Crippen LogP contribution in [0.3, 0.4) is 0 Å². The Labute approximate surface area is 97.4 Å². The van der Waals surface area contributed by atoms with E-state index >= 15 is 0 Å². The van der Waals surface area contributed by atoms with Crippen LogP contribution in [0.2, 0.25) is 13.1 Å². The second-order valence-electron chi connectivity index (χ2n) is 5.04. The Morgan fingerprint density at radius 3 is 2.40 bits per heavy atom. The molecule has 0 bridgehead atoms. The summed E-state index contributed by atoms with van der Waals surface area (Å²) in [7, 11) is -1.06. The number of anilines is 1. The topological polar surface area (TPSA) is 48.1 Å². The van der Waals surface area contributed by atoms with Crippen molar-refractivity contribution in [3.8, 4) is 0 Å². The molecule has 1 aromatic rings. The summed E-state index contributed by atoms with van der Waals surface area (Å²) in [4.78, 5) is 4.32. The minimum absolute atomic E-state index is 0.0672. The number of thiazole rings is 1. The smallest absolute Gasteiger partial charge is 0.180 e. The molecule has 0 fully saturated rings. The number of aromatic nitrogens is 1. The van der Waals surface area contributed by atoms with Gasteiger partial charge in [0.1, 0.15) is 0 Å². The maximum Gasteiger partial charge on any atom is 0.180 e. The van der Waals surface area contributed by atoms with Crippen molar-refractivity contribution < 1.29 is 4.43 Å². The third-order valence-corrected chi connectivity index (χ3v) is 3.51. The van der Waals surface area contributed by atoms with E-state index in [1.807, 2.05) is 5.38 Å². The van der Waals surface area contributed by atoms with Crippen molar-refractivity contribution in [1.29, 1.82) is 0 Å². The van der Waals surface area contributed by atoms with Crippen LogP contribution in [0.15, 0.2) is 5.38 Å². The van der Waals surface area contributed by atoms with Crippen LogP contribution >= 0.6 is 11.3 Å². The molecule has 86 valence electrons. The predicted octanol–water partition coefficient (Wildman–Crippen LogP) is 2.81. The summed E-state index contributed by atoms with van der Waals surface area (Å²) >= 11 is 1.48. The van der Waals surface area contributed by atoms with Crippen LogP contribution in [-0.2, 0) is 4.43 Å². The summed E-state index contributed by atoms with van der Waals surface area (Å²) in [6.07, 6.45) is 0.0673. The molecule has 1 unspecified atom stereocenters. The van der Waals surface area contributed by atoms with Crippen molar-refractivity contribution in [3.63, 3.8) is 0 Å². The van der Waals surface area contributed by atoms with Crippen LogP contribution in [-0.4, -0.2) is 14.0 Å². The summed E-state index contributed by atoms with van der Waals surface area (Å²) in [5.74, 6) is 0. The standard InChI is InChI=1S/C10H20N2OSSi/c1-10(2,3)8(13-15(4)5)7-6-14-9(11)12-7/h6,8,15H,1-5H3,(H2,11,12). The lowest BCUT2D eigenvalue weighted by atomic mass is 9.88. The summed E-state index contributed by atoms with van der Waals surface area (Å²) < 4.78 is 6.04. The van der Waals surface area contributed by atoms with E-state index in [0.29, 0.717) is 5.13 Å². The van der Waals surface area contributed by atoms with E-state index in [-0.39, 0.29) is 11.5 Å².